The fourth-order valence-corrected chi connectivity index (χ4v) is 2.82. The number of hydrogen-bond donors (Lipinski definition) is 1. The summed E-state index contributed by atoms with van der Waals surface area (Å²) in [7, 11) is 0. The summed E-state index contributed by atoms with van der Waals surface area (Å²) >= 11 is 8.07. The zero-order valence-corrected chi connectivity index (χ0v) is 15.4. The number of pyridine rings is 1. The van der Waals surface area contributed by atoms with E-state index in [1.165, 1.54) is 0 Å². The number of aromatic nitrogens is 1. The third-order valence-electron chi connectivity index (χ3n) is 3.27. The first-order chi connectivity index (χ1) is 10.5. The quantitative estimate of drug-likeness (QED) is 0.715. The average Bonchev–Trinajstić information content (AvgIpc) is 2.52. The molecule has 0 aliphatic heterocycles. The van der Waals surface area contributed by atoms with E-state index in [1.807, 2.05) is 18.2 Å². The van der Waals surface area contributed by atoms with Crippen LogP contribution in [0.1, 0.15) is 24.2 Å². The van der Waals surface area contributed by atoms with Crippen LogP contribution >= 0.6 is 34.2 Å². The van der Waals surface area contributed by atoms with Gasteiger partial charge in [0, 0.05) is 21.7 Å². The molecule has 0 saturated heterocycles. The van der Waals surface area contributed by atoms with E-state index in [1.54, 1.807) is 18.3 Å². The number of carbonyl (C=O) groups is 1. The first-order valence-electron chi connectivity index (χ1n) is 7.02. The molecule has 0 fully saturated rings. The molecule has 4 nitrogen and oxygen atoms in total. The molecule has 6 heteroatoms. The minimum atomic E-state index is -0.190. The first-order valence-corrected chi connectivity index (χ1v) is 8.48. The molecule has 0 bridgehead atoms. The van der Waals surface area contributed by atoms with Crippen molar-refractivity contribution in [2.75, 3.05) is 23.3 Å². The van der Waals surface area contributed by atoms with E-state index in [-0.39, 0.29) is 5.91 Å². The maximum atomic E-state index is 12.3. The van der Waals surface area contributed by atoms with Gasteiger partial charge >= 0.3 is 0 Å². The number of amides is 1. The highest BCUT2D eigenvalue weighted by Crippen LogP contribution is 2.20. The van der Waals surface area contributed by atoms with Crippen LogP contribution in [0.15, 0.2) is 36.5 Å². The Kier molecular flexibility index (Phi) is 6.02. The van der Waals surface area contributed by atoms with E-state index in [0.29, 0.717) is 16.3 Å². The Labute approximate surface area is 149 Å². The van der Waals surface area contributed by atoms with Crippen LogP contribution in [0.4, 0.5) is 11.5 Å². The van der Waals surface area contributed by atoms with Crippen molar-refractivity contribution >= 4 is 51.6 Å². The molecule has 1 aromatic carbocycles. The highest BCUT2D eigenvalue weighted by molar-refractivity contribution is 14.1. The molecular weight excluding hydrogens is 413 g/mol. The standard InChI is InChI=1S/C16H17ClIN3O/c1-3-21(4-2)15-8-6-12(10-19-15)20-16(22)13-9-11(17)5-7-14(13)18/h5-10H,3-4H2,1-2H3,(H,20,22). The molecule has 1 N–H and O–H groups in total. The van der Waals surface area contributed by atoms with E-state index in [0.717, 1.165) is 22.5 Å². The van der Waals surface area contributed by atoms with Gasteiger partial charge in [-0.3, -0.25) is 4.79 Å². The van der Waals surface area contributed by atoms with Crippen LogP contribution in [0, 0.1) is 3.57 Å². The van der Waals surface area contributed by atoms with E-state index in [2.05, 4.69) is 51.6 Å². The van der Waals surface area contributed by atoms with Crippen molar-refractivity contribution in [2.45, 2.75) is 13.8 Å². The lowest BCUT2D eigenvalue weighted by atomic mass is 10.2. The summed E-state index contributed by atoms with van der Waals surface area (Å²) in [6, 6.07) is 9.01. The Morgan fingerprint density at radius 3 is 2.59 bits per heavy atom. The van der Waals surface area contributed by atoms with Gasteiger partial charge in [-0.15, -0.1) is 0 Å². The Morgan fingerprint density at radius 1 is 1.27 bits per heavy atom. The Morgan fingerprint density at radius 2 is 2.00 bits per heavy atom. The van der Waals surface area contributed by atoms with Crippen LogP contribution in [0.3, 0.4) is 0 Å². The Hall–Kier alpha value is -1.34. The van der Waals surface area contributed by atoms with Crippen molar-refractivity contribution in [1.82, 2.24) is 4.98 Å². The van der Waals surface area contributed by atoms with Crippen LogP contribution in [0.2, 0.25) is 5.02 Å². The second kappa shape index (κ2) is 7.78. The molecule has 2 rings (SSSR count). The van der Waals surface area contributed by atoms with Crippen LogP contribution in [0.5, 0.6) is 0 Å². The summed E-state index contributed by atoms with van der Waals surface area (Å²) < 4.78 is 0.854. The molecule has 0 unspecified atom stereocenters. The molecule has 0 aliphatic carbocycles. The molecule has 116 valence electrons. The fourth-order valence-electron chi connectivity index (χ4n) is 2.06. The summed E-state index contributed by atoms with van der Waals surface area (Å²) in [6.45, 7) is 5.97. The van der Waals surface area contributed by atoms with Crippen LogP contribution in [-0.2, 0) is 0 Å². The van der Waals surface area contributed by atoms with E-state index < -0.39 is 0 Å². The molecule has 0 aliphatic rings. The SMILES string of the molecule is CCN(CC)c1ccc(NC(=O)c2cc(Cl)ccc2I)cn1. The number of halogens is 2. The van der Waals surface area contributed by atoms with Crippen molar-refractivity contribution in [3.8, 4) is 0 Å². The van der Waals surface area contributed by atoms with Crippen LogP contribution in [0.25, 0.3) is 0 Å². The zero-order chi connectivity index (χ0) is 16.1. The van der Waals surface area contributed by atoms with Gasteiger partial charge in [-0.2, -0.15) is 0 Å². The predicted octanol–water partition coefficient (Wildman–Crippen LogP) is 4.44. The fraction of sp³-hybridized carbons (Fsp3) is 0.250. The normalized spacial score (nSPS) is 10.4. The third-order valence-corrected chi connectivity index (χ3v) is 4.44. The van der Waals surface area contributed by atoms with Crippen molar-refractivity contribution < 1.29 is 4.79 Å². The van der Waals surface area contributed by atoms with Gasteiger partial charge in [-0.05, 0) is 66.8 Å². The highest BCUT2D eigenvalue weighted by atomic mass is 127. The molecule has 0 spiro atoms. The molecule has 0 radical (unpaired) electrons. The Bertz CT molecular complexity index is 657. The lowest BCUT2D eigenvalue weighted by Gasteiger charge is -2.19. The second-order valence-electron chi connectivity index (χ2n) is 4.66. The van der Waals surface area contributed by atoms with Gasteiger partial charge in [0.15, 0.2) is 0 Å². The summed E-state index contributed by atoms with van der Waals surface area (Å²) in [5.74, 6) is 0.713. The van der Waals surface area contributed by atoms with Crippen molar-refractivity contribution in [3.05, 3.63) is 50.7 Å². The van der Waals surface area contributed by atoms with Gasteiger partial charge in [0.1, 0.15) is 5.82 Å². The van der Waals surface area contributed by atoms with Crippen molar-refractivity contribution in [1.29, 1.82) is 0 Å². The number of anilines is 2. The van der Waals surface area contributed by atoms with Gasteiger partial charge in [-0.1, -0.05) is 11.6 Å². The number of hydrogen-bond acceptors (Lipinski definition) is 3. The van der Waals surface area contributed by atoms with Crippen molar-refractivity contribution in [2.24, 2.45) is 0 Å². The van der Waals surface area contributed by atoms with E-state index >= 15 is 0 Å². The molecule has 1 amide bonds. The molecule has 1 heterocycles. The highest BCUT2D eigenvalue weighted by Gasteiger charge is 2.11. The maximum Gasteiger partial charge on any atom is 0.256 e. The summed E-state index contributed by atoms with van der Waals surface area (Å²) in [4.78, 5) is 18.8. The van der Waals surface area contributed by atoms with Gasteiger partial charge < -0.3 is 10.2 Å². The number of benzene rings is 1. The third kappa shape index (κ3) is 4.10. The second-order valence-corrected chi connectivity index (χ2v) is 6.25. The average molecular weight is 430 g/mol. The van der Waals surface area contributed by atoms with Crippen LogP contribution < -0.4 is 10.2 Å². The van der Waals surface area contributed by atoms with Gasteiger partial charge in [0.25, 0.3) is 5.91 Å². The predicted molar refractivity (Wildman–Crippen MR) is 99.9 cm³/mol. The number of nitrogens with zero attached hydrogens (tertiary/aromatic N) is 2. The molecule has 1 aromatic heterocycles. The number of rotatable bonds is 5. The molecular formula is C16H17ClIN3O. The first kappa shape index (κ1) is 17.0. The minimum Gasteiger partial charge on any atom is -0.357 e. The van der Waals surface area contributed by atoms with Gasteiger partial charge in [-0.25, -0.2) is 4.98 Å². The van der Waals surface area contributed by atoms with Gasteiger partial charge in [0.05, 0.1) is 17.4 Å². The zero-order valence-electron chi connectivity index (χ0n) is 12.4. The topological polar surface area (TPSA) is 45.2 Å². The van der Waals surface area contributed by atoms with Crippen molar-refractivity contribution in [3.63, 3.8) is 0 Å². The van der Waals surface area contributed by atoms with Gasteiger partial charge in [0.2, 0.25) is 0 Å². The largest absolute Gasteiger partial charge is 0.357 e. The molecule has 0 saturated carbocycles. The summed E-state index contributed by atoms with van der Waals surface area (Å²) in [5.41, 5.74) is 1.22. The lowest BCUT2D eigenvalue weighted by Crippen LogP contribution is -2.23. The summed E-state index contributed by atoms with van der Waals surface area (Å²) in [5, 5.41) is 3.39. The maximum absolute atomic E-state index is 12.3. The number of carbonyl (C=O) groups excluding carboxylic acids is 1. The smallest absolute Gasteiger partial charge is 0.256 e. The Balaban J connectivity index is 2.13. The van der Waals surface area contributed by atoms with E-state index in [4.69, 9.17) is 11.6 Å². The monoisotopic (exact) mass is 429 g/mol. The van der Waals surface area contributed by atoms with E-state index in [9.17, 15) is 4.79 Å². The molecule has 22 heavy (non-hydrogen) atoms. The minimum absolute atomic E-state index is 0.190. The van der Waals surface area contributed by atoms with Crippen LogP contribution in [-0.4, -0.2) is 24.0 Å². The summed E-state index contributed by atoms with van der Waals surface area (Å²) in [6.07, 6.45) is 1.67. The number of nitrogens with one attached hydrogen (secondary N) is 1. The molecule has 0 atom stereocenters. The lowest BCUT2D eigenvalue weighted by molar-refractivity contribution is 0.102. The molecule has 2 aromatic rings.